The molecule has 1 fully saturated rings. The zero-order valence-electron chi connectivity index (χ0n) is 15.9. The highest BCUT2D eigenvalue weighted by molar-refractivity contribution is 6.00. The smallest absolute Gasteiger partial charge is 0.419 e. The summed E-state index contributed by atoms with van der Waals surface area (Å²) in [6.07, 6.45) is -0.752. The first-order valence-electron chi connectivity index (χ1n) is 9.01. The molecule has 0 radical (unpaired) electrons. The normalized spacial score (nSPS) is 18.9. The Morgan fingerprint density at radius 2 is 1.66 bits per heavy atom. The Morgan fingerprint density at radius 1 is 1.07 bits per heavy atom. The second kappa shape index (κ2) is 8.54. The largest absolute Gasteiger partial charge is 0.496 e. The van der Waals surface area contributed by atoms with Gasteiger partial charge in [-0.25, -0.2) is 9.97 Å². The minimum absolute atomic E-state index is 0.0824. The predicted octanol–water partition coefficient (Wildman–Crippen LogP) is 3.28. The maximum atomic E-state index is 12.9. The van der Waals surface area contributed by atoms with E-state index in [1.54, 1.807) is 18.2 Å². The number of rotatable bonds is 6. The maximum Gasteiger partial charge on any atom is 0.419 e. The van der Waals surface area contributed by atoms with Crippen LogP contribution >= 0.6 is 0 Å². The van der Waals surface area contributed by atoms with Crippen LogP contribution in [0, 0.1) is 0 Å². The number of aromatic nitrogens is 2. The van der Waals surface area contributed by atoms with Crippen LogP contribution in [0.2, 0.25) is 0 Å². The fourth-order valence-corrected chi connectivity index (χ4v) is 3.34. The van der Waals surface area contributed by atoms with Gasteiger partial charge in [-0.2, -0.15) is 13.2 Å². The van der Waals surface area contributed by atoms with Gasteiger partial charge >= 0.3 is 6.18 Å². The van der Waals surface area contributed by atoms with Crippen LogP contribution in [-0.4, -0.2) is 42.2 Å². The van der Waals surface area contributed by atoms with Crippen LogP contribution in [0.4, 0.5) is 19.1 Å². The summed E-state index contributed by atoms with van der Waals surface area (Å²) in [6.45, 7) is 0. The molecule has 1 heterocycles. The number of methoxy groups -OCH3 is 2. The summed E-state index contributed by atoms with van der Waals surface area (Å²) >= 11 is 0. The van der Waals surface area contributed by atoms with Gasteiger partial charge in [0.15, 0.2) is 0 Å². The molecule has 7 nitrogen and oxygen atoms in total. The molecule has 0 saturated heterocycles. The molecule has 0 spiro atoms. The molecule has 1 aromatic carbocycles. The average Bonchev–Trinajstić information content (AvgIpc) is 3.13. The highest BCUT2D eigenvalue weighted by Gasteiger charge is 2.33. The molecular formula is C19H21F3N4O3. The lowest BCUT2D eigenvalue weighted by molar-refractivity contribution is -0.138. The number of nitrogens with one attached hydrogen (secondary N) is 2. The van der Waals surface area contributed by atoms with E-state index in [0.29, 0.717) is 17.9 Å². The van der Waals surface area contributed by atoms with Crippen molar-refractivity contribution in [1.29, 1.82) is 0 Å². The molecule has 3 rings (SSSR count). The van der Waals surface area contributed by atoms with Crippen LogP contribution < -0.4 is 20.1 Å². The summed E-state index contributed by atoms with van der Waals surface area (Å²) in [5.41, 5.74) is -0.628. The molecule has 2 aromatic rings. The molecule has 1 amide bonds. The van der Waals surface area contributed by atoms with Crippen LogP contribution in [0.3, 0.4) is 0 Å². The van der Waals surface area contributed by atoms with E-state index in [1.165, 1.54) is 14.2 Å². The Labute approximate surface area is 165 Å². The monoisotopic (exact) mass is 410 g/mol. The molecule has 29 heavy (non-hydrogen) atoms. The molecule has 1 saturated carbocycles. The standard InChI is InChI=1S/C19H21F3N4O3/c1-28-14-7-4-8-15(29-2)16(14)17(27)25-12-5-3-6-13(12)26-18-23-9-11(10-24-18)19(20,21)22/h4,7-10,12-13H,3,5-6H2,1-2H3,(H,25,27)(H,23,24,26)/t12-,13+/m1/s1. The number of anilines is 1. The molecule has 1 aliphatic carbocycles. The van der Waals surface area contributed by atoms with Crippen molar-refractivity contribution in [3.63, 3.8) is 0 Å². The lowest BCUT2D eigenvalue weighted by Crippen LogP contribution is -2.43. The fraction of sp³-hybridized carbons (Fsp3) is 0.421. The molecule has 2 N–H and O–H groups in total. The van der Waals surface area contributed by atoms with Crippen LogP contribution in [0.15, 0.2) is 30.6 Å². The van der Waals surface area contributed by atoms with Crippen molar-refractivity contribution in [2.24, 2.45) is 0 Å². The molecular weight excluding hydrogens is 389 g/mol. The third-order valence-electron chi connectivity index (χ3n) is 4.78. The van der Waals surface area contributed by atoms with Gasteiger partial charge in [0.2, 0.25) is 5.95 Å². The molecule has 0 aliphatic heterocycles. The van der Waals surface area contributed by atoms with Crippen molar-refractivity contribution in [3.05, 3.63) is 41.7 Å². The van der Waals surface area contributed by atoms with Crippen molar-refractivity contribution >= 4 is 11.9 Å². The lowest BCUT2D eigenvalue weighted by atomic mass is 10.1. The van der Waals surface area contributed by atoms with Crippen LogP contribution in [0.1, 0.15) is 35.2 Å². The van der Waals surface area contributed by atoms with Crippen LogP contribution in [0.25, 0.3) is 0 Å². The van der Waals surface area contributed by atoms with E-state index in [0.717, 1.165) is 25.2 Å². The third kappa shape index (κ3) is 4.69. The van der Waals surface area contributed by atoms with E-state index in [9.17, 15) is 18.0 Å². The molecule has 10 heteroatoms. The first-order chi connectivity index (χ1) is 13.8. The van der Waals surface area contributed by atoms with Crippen LogP contribution in [0.5, 0.6) is 11.5 Å². The number of nitrogens with zero attached hydrogens (tertiary/aromatic N) is 2. The summed E-state index contributed by atoms with van der Waals surface area (Å²) in [5, 5.41) is 5.97. The van der Waals surface area contributed by atoms with Crippen molar-refractivity contribution in [2.75, 3.05) is 19.5 Å². The predicted molar refractivity (Wildman–Crippen MR) is 99.1 cm³/mol. The van der Waals surface area contributed by atoms with Crippen molar-refractivity contribution < 1.29 is 27.4 Å². The highest BCUT2D eigenvalue weighted by atomic mass is 19.4. The summed E-state index contributed by atoms with van der Waals surface area (Å²) in [7, 11) is 2.93. The van der Waals surface area contributed by atoms with Gasteiger partial charge in [-0.1, -0.05) is 6.07 Å². The molecule has 2 atom stereocenters. The first kappa shape index (κ1) is 20.7. The quantitative estimate of drug-likeness (QED) is 0.760. The number of benzene rings is 1. The van der Waals surface area contributed by atoms with Gasteiger partial charge in [-0.15, -0.1) is 0 Å². The van der Waals surface area contributed by atoms with Crippen molar-refractivity contribution in [1.82, 2.24) is 15.3 Å². The SMILES string of the molecule is COc1cccc(OC)c1C(=O)N[C@@H]1CCC[C@@H]1Nc1ncc(C(F)(F)F)cn1. The Bertz CT molecular complexity index is 837. The highest BCUT2D eigenvalue weighted by Crippen LogP contribution is 2.30. The van der Waals surface area contributed by atoms with Gasteiger partial charge in [0, 0.05) is 24.5 Å². The number of hydrogen-bond donors (Lipinski definition) is 2. The lowest BCUT2D eigenvalue weighted by Gasteiger charge is -2.23. The Morgan fingerprint density at radius 3 is 2.21 bits per heavy atom. The van der Waals surface area contributed by atoms with E-state index in [2.05, 4.69) is 20.6 Å². The van der Waals surface area contributed by atoms with Gasteiger partial charge < -0.3 is 20.1 Å². The summed E-state index contributed by atoms with van der Waals surface area (Å²) in [6, 6.07) is 4.59. The molecule has 1 aromatic heterocycles. The van der Waals surface area contributed by atoms with E-state index in [4.69, 9.17) is 9.47 Å². The molecule has 0 bridgehead atoms. The van der Waals surface area contributed by atoms with Gasteiger partial charge in [-0.3, -0.25) is 4.79 Å². The zero-order valence-corrected chi connectivity index (χ0v) is 15.9. The number of carbonyl (C=O) groups is 1. The average molecular weight is 410 g/mol. The van der Waals surface area contributed by atoms with Gasteiger partial charge in [0.25, 0.3) is 5.91 Å². The van der Waals surface area contributed by atoms with E-state index < -0.39 is 11.7 Å². The topological polar surface area (TPSA) is 85.4 Å². The Balaban J connectivity index is 1.71. The van der Waals surface area contributed by atoms with Crippen molar-refractivity contribution in [2.45, 2.75) is 37.5 Å². The Kier molecular flexibility index (Phi) is 6.09. The summed E-state index contributed by atoms with van der Waals surface area (Å²) < 4.78 is 48.5. The number of ether oxygens (including phenoxy) is 2. The second-order valence-electron chi connectivity index (χ2n) is 6.59. The summed E-state index contributed by atoms with van der Waals surface area (Å²) in [4.78, 5) is 20.3. The van der Waals surface area contributed by atoms with E-state index in [-0.39, 0.29) is 29.5 Å². The van der Waals surface area contributed by atoms with E-state index in [1.807, 2.05) is 0 Å². The maximum absolute atomic E-state index is 12.9. The molecule has 1 aliphatic rings. The number of amides is 1. The van der Waals surface area contributed by atoms with Gasteiger partial charge in [0.05, 0.1) is 19.8 Å². The molecule has 156 valence electrons. The second-order valence-corrected chi connectivity index (χ2v) is 6.59. The first-order valence-corrected chi connectivity index (χ1v) is 9.01. The minimum Gasteiger partial charge on any atom is -0.496 e. The van der Waals surface area contributed by atoms with Gasteiger partial charge in [0.1, 0.15) is 17.1 Å². The van der Waals surface area contributed by atoms with Crippen molar-refractivity contribution in [3.8, 4) is 11.5 Å². The van der Waals surface area contributed by atoms with E-state index >= 15 is 0 Å². The fourth-order valence-electron chi connectivity index (χ4n) is 3.34. The minimum atomic E-state index is -4.49. The van der Waals surface area contributed by atoms with Gasteiger partial charge in [-0.05, 0) is 31.4 Å². The third-order valence-corrected chi connectivity index (χ3v) is 4.78. The number of halogens is 3. The summed E-state index contributed by atoms with van der Waals surface area (Å²) in [5.74, 6) is 0.496. The molecule has 0 unspecified atom stereocenters. The zero-order chi connectivity index (χ0) is 21.0. The number of alkyl halides is 3. The number of hydrogen-bond acceptors (Lipinski definition) is 6. The number of carbonyl (C=O) groups excluding carboxylic acids is 1. The van der Waals surface area contributed by atoms with Crippen LogP contribution in [-0.2, 0) is 6.18 Å². The Hall–Kier alpha value is -3.04.